The highest BCUT2D eigenvalue weighted by molar-refractivity contribution is 7.89. The molecule has 4 rings (SSSR count). The first-order chi connectivity index (χ1) is 15.8. The van der Waals surface area contributed by atoms with Crippen molar-refractivity contribution in [1.82, 2.24) is 9.21 Å². The van der Waals surface area contributed by atoms with Crippen LogP contribution in [0.15, 0.2) is 23.1 Å². The summed E-state index contributed by atoms with van der Waals surface area (Å²) in [4.78, 5) is 27.2. The molecule has 2 fully saturated rings. The second-order valence-corrected chi connectivity index (χ2v) is 11.0. The molecule has 0 spiro atoms. The Morgan fingerprint density at radius 3 is 2.30 bits per heavy atom. The summed E-state index contributed by atoms with van der Waals surface area (Å²) < 4.78 is 44.0. The van der Waals surface area contributed by atoms with E-state index in [4.69, 9.17) is 14.2 Å². The topological polar surface area (TPSA) is 102 Å². The summed E-state index contributed by atoms with van der Waals surface area (Å²) in [5, 5.41) is 0. The quantitative estimate of drug-likeness (QED) is 0.594. The summed E-state index contributed by atoms with van der Waals surface area (Å²) in [6.45, 7) is 6.40. The van der Waals surface area contributed by atoms with Gasteiger partial charge in [-0.05, 0) is 50.7 Å². The lowest BCUT2D eigenvalue weighted by atomic mass is 9.98. The predicted molar refractivity (Wildman–Crippen MR) is 119 cm³/mol. The summed E-state index contributed by atoms with van der Waals surface area (Å²) in [5.74, 6) is 0.544. The summed E-state index contributed by atoms with van der Waals surface area (Å²) in [7, 11) is -3.72. The van der Waals surface area contributed by atoms with Crippen molar-refractivity contribution in [1.29, 1.82) is 0 Å². The van der Waals surface area contributed by atoms with Crippen LogP contribution < -0.4 is 9.47 Å². The van der Waals surface area contributed by atoms with Gasteiger partial charge in [-0.3, -0.25) is 9.59 Å². The normalized spacial score (nSPS) is 21.5. The molecule has 2 saturated heterocycles. The molecule has 0 saturated carbocycles. The zero-order valence-electron chi connectivity index (χ0n) is 19.2. The Morgan fingerprint density at radius 2 is 1.64 bits per heavy atom. The van der Waals surface area contributed by atoms with Gasteiger partial charge in [0.2, 0.25) is 10.0 Å². The van der Waals surface area contributed by atoms with Crippen molar-refractivity contribution in [3.8, 4) is 11.5 Å². The Bertz CT molecular complexity index is 981. The van der Waals surface area contributed by atoms with E-state index in [1.54, 1.807) is 17.9 Å². The molecule has 9 nitrogen and oxygen atoms in total. The zero-order chi connectivity index (χ0) is 23.6. The summed E-state index contributed by atoms with van der Waals surface area (Å²) in [6.07, 6.45) is 1.80. The minimum atomic E-state index is -3.72. The lowest BCUT2D eigenvalue weighted by molar-refractivity contribution is -0.164. The van der Waals surface area contributed by atoms with Gasteiger partial charge >= 0.3 is 5.97 Å². The van der Waals surface area contributed by atoms with Gasteiger partial charge in [0.05, 0.1) is 10.8 Å². The smallest absolute Gasteiger partial charge is 0.309 e. The van der Waals surface area contributed by atoms with E-state index < -0.39 is 28.0 Å². The number of rotatable bonds is 5. The first kappa shape index (κ1) is 23.8. The van der Waals surface area contributed by atoms with Crippen molar-refractivity contribution in [3.63, 3.8) is 0 Å². The van der Waals surface area contributed by atoms with Gasteiger partial charge in [0.1, 0.15) is 13.2 Å². The average Bonchev–Trinajstić information content (AvgIpc) is 2.83. The highest BCUT2D eigenvalue weighted by Crippen LogP contribution is 2.34. The number of benzene rings is 1. The third-order valence-electron chi connectivity index (χ3n) is 6.67. The zero-order valence-corrected chi connectivity index (χ0v) is 20.0. The van der Waals surface area contributed by atoms with Gasteiger partial charge in [-0.1, -0.05) is 6.92 Å². The number of sulfonamides is 1. The van der Waals surface area contributed by atoms with Crippen LogP contribution in [0.5, 0.6) is 11.5 Å². The number of piperidine rings is 2. The standard InChI is InChI=1S/C23H32N2O7S/c1-16-5-9-24(10-6-16)22(26)17(2)32-23(27)18-7-11-25(12-8-18)33(28,29)19-3-4-20-21(15-19)31-14-13-30-20/h3-4,15-18H,5-14H2,1-2H3/t17-/m1/s1. The number of nitrogens with zero attached hydrogens (tertiary/aromatic N) is 2. The third kappa shape index (κ3) is 5.27. The highest BCUT2D eigenvalue weighted by Gasteiger charge is 2.35. The molecule has 0 aliphatic carbocycles. The van der Waals surface area contributed by atoms with Gasteiger partial charge in [-0.25, -0.2) is 8.42 Å². The van der Waals surface area contributed by atoms with E-state index >= 15 is 0 Å². The fourth-order valence-corrected chi connectivity index (χ4v) is 5.96. The minimum absolute atomic E-state index is 0.142. The molecule has 3 aliphatic heterocycles. The number of esters is 1. The van der Waals surface area contributed by atoms with E-state index in [0.717, 1.165) is 12.8 Å². The lowest BCUT2D eigenvalue weighted by Gasteiger charge is -2.33. The van der Waals surface area contributed by atoms with Gasteiger partial charge in [0.15, 0.2) is 17.6 Å². The number of carbonyl (C=O) groups is 2. The van der Waals surface area contributed by atoms with Gasteiger partial charge in [-0.2, -0.15) is 4.31 Å². The molecule has 0 aromatic heterocycles. The Balaban J connectivity index is 1.30. The second-order valence-electron chi connectivity index (χ2n) is 9.07. The van der Waals surface area contributed by atoms with Crippen molar-refractivity contribution >= 4 is 21.9 Å². The van der Waals surface area contributed by atoms with Crippen LogP contribution in [0.4, 0.5) is 0 Å². The van der Waals surface area contributed by atoms with Gasteiger partial charge in [0.25, 0.3) is 5.91 Å². The van der Waals surface area contributed by atoms with E-state index in [0.29, 0.717) is 56.6 Å². The molecule has 1 aromatic rings. The average molecular weight is 481 g/mol. The van der Waals surface area contributed by atoms with Crippen molar-refractivity contribution in [3.05, 3.63) is 18.2 Å². The van der Waals surface area contributed by atoms with E-state index in [-0.39, 0.29) is 23.9 Å². The molecule has 0 radical (unpaired) electrons. The fourth-order valence-electron chi connectivity index (χ4n) is 4.47. The first-order valence-corrected chi connectivity index (χ1v) is 13.1. The van der Waals surface area contributed by atoms with Crippen LogP contribution in [0.2, 0.25) is 0 Å². The van der Waals surface area contributed by atoms with Crippen LogP contribution in [0.1, 0.15) is 39.5 Å². The number of hydrogen-bond donors (Lipinski definition) is 0. The molecule has 182 valence electrons. The number of hydrogen-bond acceptors (Lipinski definition) is 7. The SMILES string of the molecule is CC1CCN(C(=O)[C@@H](C)OC(=O)C2CCN(S(=O)(=O)c3ccc4c(c3)OCCO4)CC2)CC1. The van der Waals surface area contributed by atoms with Gasteiger partial charge in [-0.15, -0.1) is 0 Å². The number of carbonyl (C=O) groups excluding carboxylic acids is 2. The molecule has 0 bridgehead atoms. The first-order valence-electron chi connectivity index (χ1n) is 11.6. The van der Waals surface area contributed by atoms with Crippen LogP contribution in [0.25, 0.3) is 0 Å². The Kier molecular flexibility index (Phi) is 7.13. The number of ether oxygens (including phenoxy) is 3. The lowest BCUT2D eigenvalue weighted by Crippen LogP contribution is -2.45. The summed E-state index contributed by atoms with van der Waals surface area (Å²) >= 11 is 0. The molecule has 10 heteroatoms. The molecule has 1 amide bonds. The van der Waals surface area contributed by atoms with Crippen LogP contribution in [-0.2, 0) is 24.3 Å². The van der Waals surface area contributed by atoms with Gasteiger partial charge in [0, 0.05) is 32.2 Å². The number of amides is 1. The van der Waals surface area contributed by atoms with Crippen molar-refractivity contribution in [2.24, 2.45) is 11.8 Å². The Hall–Kier alpha value is -2.33. The minimum Gasteiger partial charge on any atom is -0.486 e. The molecule has 3 aliphatic rings. The molecule has 3 heterocycles. The molecule has 1 atom stereocenters. The predicted octanol–water partition coefficient (Wildman–Crippen LogP) is 2.05. The van der Waals surface area contributed by atoms with Crippen LogP contribution in [0.3, 0.4) is 0 Å². The summed E-state index contributed by atoms with van der Waals surface area (Å²) in [5.41, 5.74) is 0. The monoisotopic (exact) mass is 480 g/mol. The highest BCUT2D eigenvalue weighted by atomic mass is 32.2. The maximum atomic E-state index is 13.1. The Labute approximate surface area is 195 Å². The fraction of sp³-hybridized carbons (Fsp3) is 0.652. The number of fused-ring (bicyclic) bond motifs is 1. The molecular weight excluding hydrogens is 448 g/mol. The van der Waals surface area contributed by atoms with E-state index in [1.807, 2.05) is 0 Å². The molecule has 0 N–H and O–H groups in total. The number of likely N-dealkylation sites (tertiary alicyclic amines) is 1. The third-order valence-corrected chi connectivity index (χ3v) is 8.57. The van der Waals surface area contributed by atoms with Crippen molar-refractivity contribution in [2.75, 3.05) is 39.4 Å². The largest absolute Gasteiger partial charge is 0.486 e. The maximum Gasteiger partial charge on any atom is 0.309 e. The van der Waals surface area contributed by atoms with Crippen LogP contribution >= 0.6 is 0 Å². The molecule has 1 aromatic carbocycles. The maximum absolute atomic E-state index is 13.1. The van der Waals surface area contributed by atoms with Crippen LogP contribution in [-0.4, -0.2) is 75.0 Å². The second kappa shape index (κ2) is 9.89. The molecule has 0 unspecified atom stereocenters. The van der Waals surface area contributed by atoms with Crippen molar-refractivity contribution < 1.29 is 32.2 Å². The molecular formula is C23H32N2O7S. The van der Waals surface area contributed by atoms with Gasteiger partial charge < -0.3 is 19.1 Å². The van der Waals surface area contributed by atoms with E-state index in [2.05, 4.69) is 6.92 Å². The molecule has 33 heavy (non-hydrogen) atoms. The van der Waals surface area contributed by atoms with Crippen molar-refractivity contribution in [2.45, 2.75) is 50.5 Å². The van der Waals surface area contributed by atoms with Crippen LogP contribution in [0, 0.1) is 11.8 Å². The van der Waals surface area contributed by atoms with E-state index in [1.165, 1.54) is 16.4 Å². The van der Waals surface area contributed by atoms with E-state index in [9.17, 15) is 18.0 Å². The Morgan fingerprint density at radius 1 is 1.00 bits per heavy atom. The summed E-state index contributed by atoms with van der Waals surface area (Å²) in [6, 6.07) is 4.60.